The Hall–Kier alpha value is -1.91. The molecule has 0 heterocycles. The molecule has 0 aromatic heterocycles. The third kappa shape index (κ3) is 8.19. The van der Waals surface area contributed by atoms with Crippen LogP contribution in [0.5, 0.6) is 0 Å². The van der Waals surface area contributed by atoms with Crippen LogP contribution in [0.2, 0.25) is 0 Å². The standard InChI is InChI=1S/C9H15N5/c1-3-5-7-11-13-9(10)14-12-8-6-4-2/h3-8H,1-2H3,(H3,10,13,14)/b5-3+,6-4+,11-7+,12-8+. The van der Waals surface area contributed by atoms with E-state index in [2.05, 4.69) is 21.1 Å². The monoisotopic (exact) mass is 193 g/mol. The molecule has 0 saturated carbocycles. The summed E-state index contributed by atoms with van der Waals surface area (Å²) < 4.78 is 0. The van der Waals surface area contributed by atoms with Gasteiger partial charge in [-0.05, 0) is 26.0 Å². The zero-order chi connectivity index (χ0) is 10.6. The van der Waals surface area contributed by atoms with Gasteiger partial charge in [0.1, 0.15) is 0 Å². The Morgan fingerprint density at radius 3 is 1.79 bits per heavy atom. The van der Waals surface area contributed by atoms with Crippen LogP contribution in [-0.2, 0) is 0 Å². The van der Waals surface area contributed by atoms with Gasteiger partial charge in [-0.3, -0.25) is 5.41 Å². The molecule has 0 aromatic rings. The van der Waals surface area contributed by atoms with Crippen LogP contribution < -0.4 is 10.9 Å². The normalized spacial score (nSPS) is 12.1. The summed E-state index contributed by atoms with van der Waals surface area (Å²) >= 11 is 0. The molecule has 0 spiro atoms. The Bertz CT molecular complexity index is 236. The molecule has 0 aliphatic heterocycles. The van der Waals surface area contributed by atoms with Crippen LogP contribution in [0.4, 0.5) is 0 Å². The number of nitrogens with one attached hydrogen (secondary N) is 3. The smallest absolute Gasteiger partial charge is 0.230 e. The van der Waals surface area contributed by atoms with E-state index in [4.69, 9.17) is 5.41 Å². The number of hydrazone groups is 2. The van der Waals surface area contributed by atoms with Crippen LogP contribution in [0.1, 0.15) is 13.8 Å². The van der Waals surface area contributed by atoms with Crippen molar-refractivity contribution in [1.82, 2.24) is 10.9 Å². The molecule has 0 bridgehead atoms. The number of rotatable bonds is 4. The lowest BCUT2D eigenvalue weighted by Crippen LogP contribution is -2.29. The van der Waals surface area contributed by atoms with Gasteiger partial charge in [0.25, 0.3) is 0 Å². The molecule has 0 aromatic carbocycles. The summed E-state index contributed by atoms with van der Waals surface area (Å²) in [5, 5.41) is 14.7. The van der Waals surface area contributed by atoms with E-state index < -0.39 is 0 Å². The summed E-state index contributed by atoms with van der Waals surface area (Å²) in [6.07, 6.45) is 10.3. The predicted octanol–water partition coefficient (Wildman–Crippen LogP) is 1.22. The summed E-state index contributed by atoms with van der Waals surface area (Å²) in [6, 6.07) is 0. The Balaban J connectivity index is 3.65. The molecule has 0 aliphatic carbocycles. The number of allylic oxidation sites excluding steroid dienone is 4. The second-order valence-corrected chi connectivity index (χ2v) is 2.21. The van der Waals surface area contributed by atoms with Gasteiger partial charge in [-0.1, -0.05) is 12.2 Å². The van der Waals surface area contributed by atoms with Crippen molar-refractivity contribution in [3.63, 3.8) is 0 Å². The lowest BCUT2D eigenvalue weighted by atomic mass is 10.6. The van der Waals surface area contributed by atoms with Crippen LogP contribution in [0.3, 0.4) is 0 Å². The van der Waals surface area contributed by atoms with Crippen LogP contribution in [0, 0.1) is 5.41 Å². The molecular formula is C9H15N5. The summed E-state index contributed by atoms with van der Waals surface area (Å²) in [6.45, 7) is 3.77. The molecule has 3 N–H and O–H groups in total. The van der Waals surface area contributed by atoms with Crippen LogP contribution in [-0.4, -0.2) is 18.4 Å². The van der Waals surface area contributed by atoms with Crippen molar-refractivity contribution in [3.8, 4) is 0 Å². The maximum Gasteiger partial charge on any atom is 0.230 e. The van der Waals surface area contributed by atoms with E-state index in [1.54, 1.807) is 24.6 Å². The lowest BCUT2D eigenvalue weighted by molar-refractivity contribution is 0.894. The number of hydrogen-bond acceptors (Lipinski definition) is 3. The molecule has 0 amide bonds. The zero-order valence-corrected chi connectivity index (χ0v) is 8.36. The van der Waals surface area contributed by atoms with E-state index in [1.165, 1.54) is 0 Å². The van der Waals surface area contributed by atoms with Crippen molar-refractivity contribution in [1.29, 1.82) is 5.41 Å². The van der Waals surface area contributed by atoms with E-state index in [1.807, 2.05) is 26.0 Å². The van der Waals surface area contributed by atoms with Gasteiger partial charge in [0.2, 0.25) is 5.96 Å². The van der Waals surface area contributed by atoms with Crippen molar-refractivity contribution in [3.05, 3.63) is 24.3 Å². The topological polar surface area (TPSA) is 72.6 Å². The van der Waals surface area contributed by atoms with Crippen molar-refractivity contribution in [2.75, 3.05) is 0 Å². The highest BCUT2D eigenvalue weighted by Crippen LogP contribution is 1.67. The first-order valence-corrected chi connectivity index (χ1v) is 4.20. The minimum atomic E-state index is 0.0199. The first-order chi connectivity index (χ1) is 6.81. The summed E-state index contributed by atoms with van der Waals surface area (Å²) in [5.41, 5.74) is 4.89. The van der Waals surface area contributed by atoms with Crippen molar-refractivity contribution < 1.29 is 0 Å². The average Bonchev–Trinajstić information content (AvgIpc) is 2.19. The third-order valence-corrected chi connectivity index (χ3v) is 1.06. The second-order valence-electron chi connectivity index (χ2n) is 2.21. The molecule has 0 fully saturated rings. The Kier molecular flexibility index (Phi) is 7.93. The minimum absolute atomic E-state index is 0.0199. The molecule has 0 radical (unpaired) electrons. The van der Waals surface area contributed by atoms with E-state index in [0.717, 1.165) is 0 Å². The van der Waals surface area contributed by atoms with Gasteiger partial charge in [-0.25, -0.2) is 10.9 Å². The fourth-order valence-corrected chi connectivity index (χ4v) is 0.487. The fraction of sp³-hybridized carbons (Fsp3) is 0.222. The molecule has 0 saturated heterocycles. The van der Waals surface area contributed by atoms with Gasteiger partial charge < -0.3 is 0 Å². The van der Waals surface area contributed by atoms with Gasteiger partial charge in [0, 0.05) is 12.4 Å². The highest BCUT2D eigenvalue weighted by molar-refractivity contribution is 5.80. The molecule has 76 valence electrons. The SMILES string of the molecule is C/C=C/C=N/NC(=N)N/N=C/C=C/C. The Labute approximate surface area is 83.8 Å². The van der Waals surface area contributed by atoms with E-state index in [-0.39, 0.29) is 5.96 Å². The van der Waals surface area contributed by atoms with Gasteiger partial charge in [0.15, 0.2) is 0 Å². The first kappa shape index (κ1) is 12.1. The largest absolute Gasteiger partial charge is 0.266 e. The zero-order valence-electron chi connectivity index (χ0n) is 8.36. The molecule has 0 aliphatic rings. The Morgan fingerprint density at radius 1 is 1.00 bits per heavy atom. The van der Waals surface area contributed by atoms with E-state index in [9.17, 15) is 0 Å². The highest BCUT2D eigenvalue weighted by Gasteiger charge is 1.85. The van der Waals surface area contributed by atoms with Gasteiger partial charge in [-0.2, -0.15) is 10.2 Å². The van der Waals surface area contributed by atoms with E-state index >= 15 is 0 Å². The second kappa shape index (κ2) is 9.18. The molecule has 0 atom stereocenters. The minimum Gasteiger partial charge on any atom is -0.266 e. The fourth-order valence-electron chi connectivity index (χ4n) is 0.487. The highest BCUT2D eigenvalue weighted by atomic mass is 15.4. The van der Waals surface area contributed by atoms with Gasteiger partial charge in [-0.15, -0.1) is 0 Å². The van der Waals surface area contributed by atoms with Crippen molar-refractivity contribution in [2.45, 2.75) is 13.8 Å². The number of hydrogen-bond donors (Lipinski definition) is 3. The van der Waals surface area contributed by atoms with Crippen LogP contribution in [0.15, 0.2) is 34.5 Å². The number of nitrogens with zero attached hydrogens (tertiary/aromatic N) is 2. The van der Waals surface area contributed by atoms with Crippen molar-refractivity contribution in [2.24, 2.45) is 10.2 Å². The Morgan fingerprint density at radius 2 is 1.43 bits per heavy atom. The lowest BCUT2D eigenvalue weighted by Gasteiger charge is -1.98. The molecule has 5 heteroatoms. The molecule has 5 nitrogen and oxygen atoms in total. The quantitative estimate of drug-likeness (QED) is 0.357. The van der Waals surface area contributed by atoms with E-state index in [0.29, 0.717) is 0 Å². The van der Waals surface area contributed by atoms with Gasteiger partial charge >= 0.3 is 0 Å². The van der Waals surface area contributed by atoms with Crippen LogP contribution in [0.25, 0.3) is 0 Å². The maximum absolute atomic E-state index is 7.26. The molecule has 14 heavy (non-hydrogen) atoms. The molecular weight excluding hydrogens is 178 g/mol. The molecule has 0 rings (SSSR count). The van der Waals surface area contributed by atoms with Crippen molar-refractivity contribution >= 4 is 18.4 Å². The maximum atomic E-state index is 7.26. The summed E-state index contributed by atoms with van der Waals surface area (Å²) in [4.78, 5) is 0. The summed E-state index contributed by atoms with van der Waals surface area (Å²) in [5.74, 6) is 0.0199. The third-order valence-electron chi connectivity index (χ3n) is 1.06. The predicted molar refractivity (Wildman–Crippen MR) is 60.6 cm³/mol. The van der Waals surface area contributed by atoms with Gasteiger partial charge in [0.05, 0.1) is 0 Å². The first-order valence-electron chi connectivity index (χ1n) is 4.20. The summed E-state index contributed by atoms with van der Waals surface area (Å²) in [7, 11) is 0. The molecule has 0 unspecified atom stereocenters. The van der Waals surface area contributed by atoms with Crippen LogP contribution >= 0.6 is 0 Å². The average molecular weight is 193 g/mol. The number of guanidine groups is 1.